The Morgan fingerprint density at radius 3 is 2.67 bits per heavy atom. The summed E-state index contributed by atoms with van der Waals surface area (Å²) >= 11 is 0. The van der Waals surface area contributed by atoms with Gasteiger partial charge in [0.05, 0.1) is 20.3 Å². The first-order valence-electron chi connectivity index (χ1n) is 9.44. The Kier molecular flexibility index (Phi) is 6.85. The number of hydrogen-bond acceptors (Lipinski definition) is 4. The molecule has 144 valence electrons. The van der Waals surface area contributed by atoms with E-state index in [1.54, 1.807) is 13.2 Å². The molecule has 0 unspecified atom stereocenters. The summed E-state index contributed by atoms with van der Waals surface area (Å²) < 4.78 is 10.7. The zero-order valence-electron chi connectivity index (χ0n) is 16.2. The van der Waals surface area contributed by atoms with Gasteiger partial charge >= 0.3 is 0 Å². The quantitative estimate of drug-likeness (QED) is 0.754. The lowest BCUT2D eigenvalue weighted by Gasteiger charge is -2.30. The van der Waals surface area contributed by atoms with E-state index in [0.29, 0.717) is 24.4 Å². The lowest BCUT2D eigenvalue weighted by atomic mass is 10.1. The maximum atomic E-state index is 13.2. The van der Waals surface area contributed by atoms with Crippen LogP contribution >= 0.6 is 0 Å². The van der Waals surface area contributed by atoms with Gasteiger partial charge in [0.25, 0.3) is 5.91 Å². The summed E-state index contributed by atoms with van der Waals surface area (Å²) in [5.74, 6) is 0.730. The number of aryl methyl sites for hydroxylation is 1. The molecule has 1 fully saturated rings. The topological polar surface area (TPSA) is 42.0 Å². The monoisotopic (exact) mass is 368 g/mol. The van der Waals surface area contributed by atoms with Crippen molar-refractivity contribution in [3.63, 3.8) is 0 Å². The van der Waals surface area contributed by atoms with E-state index >= 15 is 0 Å². The third kappa shape index (κ3) is 5.55. The second kappa shape index (κ2) is 9.53. The van der Waals surface area contributed by atoms with Crippen LogP contribution in [0.25, 0.3) is 0 Å². The van der Waals surface area contributed by atoms with Crippen molar-refractivity contribution in [1.29, 1.82) is 0 Å². The molecule has 0 spiro atoms. The van der Waals surface area contributed by atoms with Crippen molar-refractivity contribution >= 4 is 5.91 Å². The van der Waals surface area contributed by atoms with Gasteiger partial charge in [-0.05, 0) is 30.7 Å². The predicted molar refractivity (Wildman–Crippen MR) is 106 cm³/mol. The van der Waals surface area contributed by atoms with Gasteiger partial charge in [-0.25, -0.2) is 0 Å². The van der Waals surface area contributed by atoms with Gasteiger partial charge in [-0.3, -0.25) is 9.69 Å². The molecule has 1 aliphatic rings. The highest BCUT2D eigenvalue weighted by Gasteiger charge is 2.19. The molecule has 0 radical (unpaired) electrons. The molecule has 1 amide bonds. The van der Waals surface area contributed by atoms with Crippen molar-refractivity contribution in [2.75, 3.05) is 46.5 Å². The molecule has 0 N–H and O–H groups in total. The van der Waals surface area contributed by atoms with Crippen LogP contribution in [0.15, 0.2) is 48.5 Å². The van der Waals surface area contributed by atoms with E-state index in [1.165, 1.54) is 5.56 Å². The molecule has 3 rings (SSSR count). The summed E-state index contributed by atoms with van der Waals surface area (Å²) in [5, 5.41) is 0. The van der Waals surface area contributed by atoms with Crippen LogP contribution in [-0.4, -0.2) is 62.2 Å². The van der Waals surface area contributed by atoms with Gasteiger partial charge in [-0.15, -0.1) is 0 Å². The summed E-state index contributed by atoms with van der Waals surface area (Å²) in [6.45, 7) is 7.59. The summed E-state index contributed by atoms with van der Waals surface area (Å²) in [7, 11) is 1.62. The van der Waals surface area contributed by atoms with Gasteiger partial charge < -0.3 is 14.4 Å². The zero-order valence-corrected chi connectivity index (χ0v) is 16.2. The minimum Gasteiger partial charge on any atom is -0.497 e. The fraction of sp³-hybridized carbons (Fsp3) is 0.409. The van der Waals surface area contributed by atoms with E-state index in [4.69, 9.17) is 9.47 Å². The predicted octanol–water partition coefficient (Wildman–Crippen LogP) is 2.98. The number of carbonyl (C=O) groups is 1. The highest BCUT2D eigenvalue weighted by molar-refractivity contribution is 5.94. The van der Waals surface area contributed by atoms with E-state index in [1.807, 2.05) is 29.2 Å². The van der Waals surface area contributed by atoms with Gasteiger partial charge in [0.2, 0.25) is 0 Å². The second-order valence-corrected chi connectivity index (χ2v) is 6.90. The molecule has 0 atom stereocenters. The maximum Gasteiger partial charge on any atom is 0.254 e. The highest BCUT2D eigenvalue weighted by atomic mass is 16.5. The van der Waals surface area contributed by atoms with Gasteiger partial charge in [-0.2, -0.15) is 0 Å². The number of rotatable bonds is 7. The minimum absolute atomic E-state index is 0.0312. The van der Waals surface area contributed by atoms with Gasteiger partial charge in [0.15, 0.2) is 0 Å². The van der Waals surface area contributed by atoms with E-state index in [0.717, 1.165) is 38.4 Å². The van der Waals surface area contributed by atoms with E-state index in [9.17, 15) is 4.79 Å². The summed E-state index contributed by atoms with van der Waals surface area (Å²) in [4.78, 5) is 17.5. The molecule has 0 saturated carbocycles. The Labute approximate surface area is 161 Å². The summed E-state index contributed by atoms with van der Waals surface area (Å²) in [6.07, 6.45) is 0. The number of benzene rings is 2. The van der Waals surface area contributed by atoms with Crippen LogP contribution in [0.4, 0.5) is 0 Å². The Hall–Kier alpha value is -2.37. The zero-order chi connectivity index (χ0) is 19.1. The number of amides is 1. The number of hydrogen-bond donors (Lipinski definition) is 0. The average molecular weight is 368 g/mol. The minimum atomic E-state index is 0.0312. The van der Waals surface area contributed by atoms with Crippen molar-refractivity contribution < 1.29 is 14.3 Å². The molecular weight excluding hydrogens is 340 g/mol. The smallest absolute Gasteiger partial charge is 0.254 e. The standard InChI is InChI=1S/C22H28N2O3/c1-18-5-3-6-19(15-18)17-24(10-9-23-11-13-27-14-12-23)22(25)20-7-4-8-21(16-20)26-2/h3-8,15-16H,9-14,17H2,1-2H3. The molecule has 1 heterocycles. The van der Waals surface area contributed by atoms with Crippen molar-refractivity contribution in [1.82, 2.24) is 9.80 Å². The molecule has 0 aromatic heterocycles. The van der Waals surface area contributed by atoms with Crippen LogP contribution in [0, 0.1) is 6.92 Å². The first-order chi connectivity index (χ1) is 13.2. The molecule has 1 saturated heterocycles. The summed E-state index contributed by atoms with van der Waals surface area (Å²) in [6, 6.07) is 15.7. The third-order valence-corrected chi connectivity index (χ3v) is 4.85. The van der Waals surface area contributed by atoms with Crippen molar-refractivity contribution in [3.05, 3.63) is 65.2 Å². The summed E-state index contributed by atoms with van der Waals surface area (Å²) in [5.41, 5.74) is 3.01. The Bertz CT molecular complexity index is 757. The van der Waals surface area contributed by atoms with Crippen LogP contribution in [-0.2, 0) is 11.3 Å². The fourth-order valence-electron chi connectivity index (χ4n) is 3.31. The molecule has 1 aliphatic heterocycles. The SMILES string of the molecule is COc1cccc(C(=O)N(CCN2CCOCC2)Cc2cccc(C)c2)c1. The number of methoxy groups -OCH3 is 1. The van der Waals surface area contributed by atoms with E-state index < -0.39 is 0 Å². The normalized spacial score (nSPS) is 14.7. The van der Waals surface area contributed by atoms with Crippen molar-refractivity contribution in [3.8, 4) is 5.75 Å². The molecule has 2 aromatic rings. The first kappa shape index (κ1) is 19.4. The first-order valence-corrected chi connectivity index (χ1v) is 9.44. The van der Waals surface area contributed by atoms with Gasteiger partial charge in [0.1, 0.15) is 5.75 Å². The van der Waals surface area contributed by atoms with Gasteiger partial charge in [-0.1, -0.05) is 35.9 Å². The molecule has 5 nitrogen and oxygen atoms in total. The average Bonchev–Trinajstić information content (AvgIpc) is 2.71. The van der Waals surface area contributed by atoms with E-state index in [-0.39, 0.29) is 5.91 Å². The highest BCUT2D eigenvalue weighted by Crippen LogP contribution is 2.17. The number of carbonyl (C=O) groups excluding carboxylic acids is 1. The van der Waals surface area contributed by atoms with Crippen LogP contribution < -0.4 is 4.74 Å². The number of morpholine rings is 1. The van der Waals surface area contributed by atoms with Crippen LogP contribution in [0.5, 0.6) is 5.75 Å². The van der Waals surface area contributed by atoms with Crippen molar-refractivity contribution in [2.24, 2.45) is 0 Å². The number of nitrogens with zero attached hydrogens (tertiary/aromatic N) is 2. The number of ether oxygens (including phenoxy) is 2. The maximum absolute atomic E-state index is 13.2. The van der Waals surface area contributed by atoms with Crippen molar-refractivity contribution in [2.45, 2.75) is 13.5 Å². The van der Waals surface area contributed by atoms with Crippen LogP contribution in [0.3, 0.4) is 0 Å². The molecule has 27 heavy (non-hydrogen) atoms. The van der Waals surface area contributed by atoms with Crippen LogP contribution in [0.2, 0.25) is 0 Å². The molecular formula is C22H28N2O3. The molecule has 5 heteroatoms. The Morgan fingerprint density at radius 2 is 1.93 bits per heavy atom. The largest absolute Gasteiger partial charge is 0.497 e. The lowest BCUT2D eigenvalue weighted by Crippen LogP contribution is -2.42. The fourth-order valence-corrected chi connectivity index (χ4v) is 3.31. The Balaban J connectivity index is 1.75. The lowest BCUT2D eigenvalue weighted by molar-refractivity contribution is 0.0320. The third-order valence-electron chi connectivity index (χ3n) is 4.85. The molecule has 0 bridgehead atoms. The Morgan fingerprint density at radius 1 is 1.15 bits per heavy atom. The van der Waals surface area contributed by atoms with Crippen LogP contribution in [0.1, 0.15) is 21.5 Å². The molecule has 2 aromatic carbocycles. The second-order valence-electron chi connectivity index (χ2n) is 6.90. The molecule has 0 aliphatic carbocycles. The van der Waals surface area contributed by atoms with Gasteiger partial charge in [0, 0.05) is 38.3 Å². The van der Waals surface area contributed by atoms with E-state index in [2.05, 4.69) is 30.0 Å².